The fraction of sp³-hybridized carbons (Fsp3) is 0.100. The highest BCUT2D eigenvalue weighted by molar-refractivity contribution is 7.99. The monoisotopic (exact) mass is 335 g/mol. The van der Waals surface area contributed by atoms with Gasteiger partial charge in [0.25, 0.3) is 0 Å². The first-order chi connectivity index (χ1) is 11.6. The summed E-state index contributed by atoms with van der Waals surface area (Å²) in [6.07, 6.45) is 1.69. The van der Waals surface area contributed by atoms with Crippen LogP contribution in [0.1, 0.15) is 21.5 Å². The van der Waals surface area contributed by atoms with E-state index in [-0.39, 0.29) is 0 Å². The van der Waals surface area contributed by atoms with Crippen LogP contribution in [0.3, 0.4) is 0 Å². The minimum absolute atomic E-state index is 0.401. The van der Waals surface area contributed by atoms with Crippen molar-refractivity contribution in [2.45, 2.75) is 23.8 Å². The first-order valence-corrected chi connectivity index (χ1v) is 8.42. The van der Waals surface area contributed by atoms with Gasteiger partial charge in [0.15, 0.2) is 0 Å². The molecule has 1 heterocycles. The summed E-state index contributed by atoms with van der Waals surface area (Å²) < 4.78 is 5.44. The lowest BCUT2D eigenvalue weighted by Gasteiger charge is -2.10. The summed E-state index contributed by atoms with van der Waals surface area (Å²) in [6, 6.07) is 18.8. The molecule has 120 valence electrons. The van der Waals surface area contributed by atoms with Crippen molar-refractivity contribution in [1.29, 1.82) is 0 Å². The second kappa shape index (κ2) is 7.32. The van der Waals surface area contributed by atoms with Gasteiger partial charge in [0, 0.05) is 11.1 Å². The summed E-state index contributed by atoms with van der Waals surface area (Å²) in [5.74, 6) is 0.121. The minimum atomic E-state index is -0.401. The van der Waals surface area contributed by atoms with Crippen molar-refractivity contribution in [1.82, 2.24) is 4.98 Å². The predicted molar refractivity (Wildman–Crippen MR) is 95.7 cm³/mol. The second-order valence-electron chi connectivity index (χ2n) is 5.43. The quantitative estimate of drug-likeness (QED) is 0.493. The number of hydrogen-bond acceptors (Lipinski definition) is 4. The average Bonchev–Trinajstić information content (AvgIpc) is 2.59. The number of carbonyl (C=O) groups is 1. The lowest BCUT2D eigenvalue weighted by molar-refractivity contribution is 0.0730. The zero-order chi connectivity index (χ0) is 16.9. The predicted octanol–water partition coefficient (Wildman–Crippen LogP) is 5.07. The maximum atomic E-state index is 12.5. The topological polar surface area (TPSA) is 39.2 Å². The van der Waals surface area contributed by atoms with Crippen molar-refractivity contribution >= 4 is 17.7 Å². The number of aromatic nitrogens is 1. The summed E-state index contributed by atoms with van der Waals surface area (Å²) in [5.41, 5.74) is 2.83. The summed E-state index contributed by atoms with van der Waals surface area (Å²) >= 11 is 1.48. The number of pyridine rings is 1. The van der Waals surface area contributed by atoms with Crippen molar-refractivity contribution in [3.8, 4) is 5.75 Å². The zero-order valence-electron chi connectivity index (χ0n) is 13.5. The van der Waals surface area contributed by atoms with Gasteiger partial charge in [-0.3, -0.25) is 0 Å². The molecule has 0 saturated carbocycles. The molecule has 0 amide bonds. The number of nitrogens with zero attached hydrogens (tertiary/aromatic N) is 1. The molecule has 3 aromatic rings. The van der Waals surface area contributed by atoms with E-state index in [0.717, 1.165) is 10.5 Å². The molecule has 0 aliphatic carbocycles. The SMILES string of the molecule is Cc1ccc(Sc2ncccc2C(=O)Oc2ccccc2)c(C)c1. The fourth-order valence-electron chi connectivity index (χ4n) is 2.30. The van der Waals surface area contributed by atoms with Gasteiger partial charge in [-0.25, -0.2) is 9.78 Å². The van der Waals surface area contributed by atoms with Gasteiger partial charge in [0.2, 0.25) is 0 Å². The lowest BCUT2D eigenvalue weighted by Crippen LogP contribution is -2.10. The van der Waals surface area contributed by atoms with E-state index in [1.54, 1.807) is 30.5 Å². The Morgan fingerprint density at radius 3 is 2.54 bits per heavy atom. The van der Waals surface area contributed by atoms with Gasteiger partial charge in [-0.05, 0) is 49.7 Å². The van der Waals surface area contributed by atoms with Gasteiger partial charge in [0.05, 0.1) is 5.56 Å². The summed E-state index contributed by atoms with van der Waals surface area (Å²) in [6.45, 7) is 4.12. The smallest absolute Gasteiger partial charge is 0.346 e. The molecule has 0 atom stereocenters. The van der Waals surface area contributed by atoms with Crippen LogP contribution < -0.4 is 4.74 Å². The molecule has 3 rings (SSSR count). The van der Waals surface area contributed by atoms with Gasteiger partial charge in [-0.15, -0.1) is 0 Å². The Morgan fingerprint density at radius 2 is 1.79 bits per heavy atom. The van der Waals surface area contributed by atoms with Crippen LogP contribution in [0.2, 0.25) is 0 Å². The summed E-state index contributed by atoms with van der Waals surface area (Å²) in [5, 5.41) is 0.644. The Morgan fingerprint density at radius 1 is 1.00 bits per heavy atom. The van der Waals surface area contributed by atoms with Crippen LogP contribution in [0.15, 0.2) is 76.8 Å². The molecule has 0 spiro atoms. The number of rotatable bonds is 4. The number of aryl methyl sites for hydroxylation is 2. The fourth-order valence-corrected chi connectivity index (χ4v) is 3.24. The molecule has 4 heteroatoms. The van der Waals surface area contributed by atoms with E-state index in [0.29, 0.717) is 16.3 Å². The molecule has 0 saturated heterocycles. The number of benzene rings is 2. The van der Waals surface area contributed by atoms with E-state index >= 15 is 0 Å². The normalized spacial score (nSPS) is 10.4. The van der Waals surface area contributed by atoms with Crippen molar-refractivity contribution in [3.05, 3.63) is 83.6 Å². The molecule has 0 fully saturated rings. The van der Waals surface area contributed by atoms with Gasteiger partial charge >= 0.3 is 5.97 Å². The summed E-state index contributed by atoms with van der Waals surface area (Å²) in [4.78, 5) is 17.9. The Bertz CT molecular complexity index is 863. The molecule has 0 aliphatic rings. The molecule has 0 unspecified atom stereocenters. The molecular weight excluding hydrogens is 318 g/mol. The minimum Gasteiger partial charge on any atom is -0.423 e. The molecule has 24 heavy (non-hydrogen) atoms. The molecule has 0 N–H and O–H groups in total. The third-order valence-electron chi connectivity index (χ3n) is 3.48. The van der Waals surface area contributed by atoms with E-state index in [2.05, 4.69) is 37.0 Å². The van der Waals surface area contributed by atoms with E-state index < -0.39 is 5.97 Å². The van der Waals surface area contributed by atoms with E-state index in [1.807, 2.05) is 18.2 Å². The average molecular weight is 335 g/mol. The van der Waals surface area contributed by atoms with Crippen molar-refractivity contribution in [3.63, 3.8) is 0 Å². The molecule has 0 bridgehead atoms. The number of hydrogen-bond donors (Lipinski definition) is 0. The van der Waals surface area contributed by atoms with Crippen LogP contribution >= 0.6 is 11.8 Å². The van der Waals surface area contributed by atoms with E-state index in [4.69, 9.17) is 4.74 Å². The van der Waals surface area contributed by atoms with E-state index in [9.17, 15) is 4.79 Å². The highest BCUT2D eigenvalue weighted by Gasteiger charge is 2.16. The molecule has 0 aliphatic heterocycles. The van der Waals surface area contributed by atoms with Crippen molar-refractivity contribution in [2.24, 2.45) is 0 Å². The summed E-state index contributed by atoms with van der Waals surface area (Å²) in [7, 11) is 0. The number of ether oxygens (including phenoxy) is 1. The number of para-hydroxylation sites is 1. The zero-order valence-corrected chi connectivity index (χ0v) is 14.3. The maximum absolute atomic E-state index is 12.5. The van der Waals surface area contributed by atoms with Gasteiger partial charge in [-0.2, -0.15) is 0 Å². The van der Waals surface area contributed by atoms with Crippen LogP contribution in [0.5, 0.6) is 5.75 Å². The highest BCUT2D eigenvalue weighted by atomic mass is 32.2. The Balaban J connectivity index is 1.86. The third-order valence-corrected chi connectivity index (χ3v) is 4.68. The Hall–Kier alpha value is -2.59. The Labute approximate surface area is 145 Å². The number of esters is 1. The first kappa shape index (κ1) is 16.3. The van der Waals surface area contributed by atoms with Gasteiger partial charge in [-0.1, -0.05) is 47.7 Å². The molecular formula is C20H17NO2S. The van der Waals surface area contributed by atoms with Crippen molar-refractivity contribution in [2.75, 3.05) is 0 Å². The highest BCUT2D eigenvalue weighted by Crippen LogP contribution is 2.32. The van der Waals surface area contributed by atoms with Crippen LogP contribution in [0.25, 0.3) is 0 Å². The molecule has 0 radical (unpaired) electrons. The van der Waals surface area contributed by atoms with Crippen LogP contribution in [-0.2, 0) is 0 Å². The second-order valence-corrected chi connectivity index (χ2v) is 6.46. The third kappa shape index (κ3) is 3.84. The van der Waals surface area contributed by atoms with Crippen LogP contribution in [-0.4, -0.2) is 11.0 Å². The molecule has 1 aromatic heterocycles. The van der Waals surface area contributed by atoms with Crippen molar-refractivity contribution < 1.29 is 9.53 Å². The van der Waals surface area contributed by atoms with Crippen LogP contribution in [0, 0.1) is 13.8 Å². The Kier molecular flexibility index (Phi) is 4.96. The lowest BCUT2D eigenvalue weighted by atomic mass is 10.2. The molecule has 2 aromatic carbocycles. The van der Waals surface area contributed by atoms with E-state index in [1.165, 1.54) is 17.3 Å². The standard InChI is InChI=1S/C20H17NO2S/c1-14-10-11-18(15(2)13-14)24-19-17(9-6-12-21-19)20(22)23-16-7-4-3-5-8-16/h3-13H,1-2H3. The molecule has 3 nitrogen and oxygen atoms in total. The van der Waals surface area contributed by atoms with Gasteiger partial charge in [0.1, 0.15) is 10.8 Å². The van der Waals surface area contributed by atoms with Crippen LogP contribution in [0.4, 0.5) is 0 Å². The maximum Gasteiger partial charge on any atom is 0.346 e. The first-order valence-electron chi connectivity index (χ1n) is 7.61. The number of carbonyl (C=O) groups excluding carboxylic acids is 1. The van der Waals surface area contributed by atoms with Gasteiger partial charge < -0.3 is 4.74 Å². The largest absolute Gasteiger partial charge is 0.423 e.